The van der Waals surface area contributed by atoms with Crippen molar-refractivity contribution in [2.24, 2.45) is 5.92 Å². The molecule has 0 aliphatic carbocycles. The lowest BCUT2D eigenvalue weighted by atomic mass is 9.94. The molecule has 0 spiro atoms. The molecule has 1 heterocycles. The van der Waals surface area contributed by atoms with Crippen LogP contribution >= 0.6 is 0 Å². The topological polar surface area (TPSA) is 92.7 Å². The van der Waals surface area contributed by atoms with Crippen molar-refractivity contribution in [3.05, 3.63) is 60.2 Å². The fourth-order valence-corrected chi connectivity index (χ4v) is 3.50. The molecule has 1 saturated heterocycles. The number of carbonyl (C=O) groups is 3. The summed E-state index contributed by atoms with van der Waals surface area (Å²) in [5.74, 6) is -2.53. The van der Waals surface area contributed by atoms with Crippen molar-refractivity contribution in [1.29, 1.82) is 0 Å². The maximum absolute atomic E-state index is 12.4. The lowest BCUT2D eigenvalue weighted by Crippen LogP contribution is -2.42. The summed E-state index contributed by atoms with van der Waals surface area (Å²) in [4.78, 5) is 35.1. The summed E-state index contributed by atoms with van der Waals surface area (Å²) in [5.41, 5.74) is 3.43. The number of hydrogen-bond donors (Lipinski definition) is 2. The van der Waals surface area contributed by atoms with E-state index in [1.165, 1.54) is 0 Å². The second-order valence-electron chi connectivity index (χ2n) is 7.27. The number of nitrogens with one attached hydrogen (secondary N) is 1. The number of benzene rings is 2. The first-order chi connectivity index (χ1) is 14.0. The van der Waals surface area contributed by atoms with Crippen molar-refractivity contribution in [3.63, 3.8) is 0 Å². The average molecular weight is 395 g/mol. The molecule has 6 heteroatoms. The first-order valence-electron chi connectivity index (χ1n) is 9.86. The van der Waals surface area contributed by atoms with Gasteiger partial charge >= 0.3 is 11.9 Å². The molecule has 2 N–H and O–H groups in total. The molecular weight excluding hydrogens is 370 g/mol. The van der Waals surface area contributed by atoms with Gasteiger partial charge in [-0.05, 0) is 36.0 Å². The Kier molecular flexibility index (Phi) is 7.00. The normalized spacial score (nSPS) is 16.8. The van der Waals surface area contributed by atoms with Crippen molar-refractivity contribution in [3.8, 4) is 11.1 Å². The van der Waals surface area contributed by atoms with E-state index in [0.717, 1.165) is 23.1 Å². The van der Waals surface area contributed by atoms with Crippen LogP contribution < -0.4 is 5.32 Å². The van der Waals surface area contributed by atoms with E-state index in [1.807, 2.05) is 18.2 Å². The summed E-state index contributed by atoms with van der Waals surface area (Å²) in [5, 5.41) is 11.8. The highest BCUT2D eigenvalue weighted by atomic mass is 16.5. The third kappa shape index (κ3) is 5.91. The van der Waals surface area contributed by atoms with Crippen molar-refractivity contribution in [2.75, 3.05) is 6.61 Å². The van der Waals surface area contributed by atoms with Gasteiger partial charge in [-0.25, -0.2) is 4.79 Å². The lowest BCUT2D eigenvalue weighted by Gasteiger charge is -2.17. The summed E-state index contributed by atoms with van der Waals surface area (Å²) in [6.45, 7) is 0.284. The highest BCUT2D eigenvalue weighted by molar-refractivity contribution is 5.88. The van der Waals surface area contributed by atoms with Crippen molar-refractivity contribution in [1.82, 2.24) is 5.32 Å². The Hall–Kier alpha value is -3.15. The Morgan fingerprint density at radius 2 is 1.76 bits per heavy atom. The summed E-state index contributed by atoms with van der Waals surface area (Å²) in [6, 6.07) is 17.7. The molecule has 0 unspecified atom stereocenters. The summed E-state index contributed by atoms with van der Waals surface area (Å²) in [6.07, 6.45) is 2.06. The summed E-state index contributed by atoms with van der Waals surface area (Å²) < 4.78 is 4.84. The maximum Gasteiger partial charge on any atom is 0.328 e. The molecule has 2 atom stereocenters. The van der Waals surface area contributed by atoms with Crippen LogP contribution in [0.25, 0.3) is 11.1 Å². The van der Waals surface area contributed by atoms with Gasteiger partial charge in [-0.15, -0.1) is 0 Å². The number of rotatable bonds is 9. The highest BCUT2D eigenvalue weighted by Crippen LogP contribution is 2.21. The highest BCUT2D eigenvalue weighted by Gasteiger charge is 2.31. The predicted molar refractivity (Wildman–Crippen MR) is 108 cm³/mol. The van der Waals surface area contributed by atoms with E-state index >= 15 is 0 Å². The fraction of sp³-hybridized carbons (Fsp3) is 0.348. The molecule has 3 rings (SSSR count). The van der Waals surface area contributed by atoms with Gasteiger partial charge in [-0.2, -0.15) is 0 Å². The molecule has 1 aliphatic heterocycles. The Balaban J connectivity index is 1.53. The monoisotopic (exact) mass is 395 g/mol. The number of amides is 1. The van der Waals surface area contributed by atoms with Gasteiger partial charge < -0.3 is 15.2 Å². The molecule has 2 aromatic carbocycles. The van der Waals surface area contributed by atoms with E-state index in [2.05, 4.69) is 41.7 Å². The number of ether oxygens (including phenoxy) is 1. The van der Waals surface area contributed by atoms with Crippen LogP contribution in [0.5, 0.6) is 0 Å². The van der Waals surface area contributed by atoms with Crippen LogP contribution in [0.3, 0.4) is 0 Å². The van der Waals surface area contributed by atoms with Gasteiger partial charge in [-0.1, -0.05) is 54.6 Å². The quantitative estimate of drug-likeness (QED) is 0.636. The Morgan fingerprint density at radius 1 is 1.07 bits per heavy atom. The molecule has 0 aromatic heterocycles. The van der Waals surface area contributed by atoms with Crippen LogP contribution in [0, 0.1) is 5.92 Å². The molecule has 1 aliphatic rings. The van der Waals surface area contributed by atoms with E-state index in [0.29, 0.717) is 19.3 Å². The Morgan fingerprint density at radius 3 is 2.38 bits per heavy atom. The maximum atomic E-state index is 12.4. The van der Waals surface area contributed by atoms with E-state index < -0.39 is 29.8 Å². The van der Waals surface area contributed by atoms with Crippen LogP contribution in [0.15, 0.2) is 54.6 Å². The average Bonchev–Trinajstić information content (AvgIpc) is 3.12. The molecule has 152 valence electrons. The van der Waals surface area contributed by atoms with Crippen LogP contribution in [0.1, 0.15) is 31.2 Å². The SMILES string of the molecule is O=C(O)C[C@@H](CCCc1ccc(-c2ccccc2)cc1)C(=O)N[C@H]1CCOC1=O. The van der Waals surface area contributed by atoms with E-state index in [4.69, 9.17) is 9.84 Å². The molecular formula is C23H25NO5. The minimum atomic E-state index is -1.02. The van der Waals surface area contributed by atoms with Crippen molar-refractivity contribution >= 4 is 17.8 Å². The summed E-state index contributed by atoms with van der Waals surface area (Å²) >= 11 is 0. The van der Waals surface area contributed by atoms with Gasteiger partial charge in [-0.3, -0.25) is 9.59 Å². The smallest absolute Gasteiger partial charge is 0.328 e. The largest absolute Gasteiger partial charge is 0.481 e. The number of aliphatic carboxylic acids is 1. The zero-order valence-corrected chi connectivity index (χ0v) is 16.2. The minimum absolute atomic E-state index is 0.249. The molecule has 2 aromatic rings. The number of esters is 1. The van der Waals surface area contributed by atoms with Gasteiger partial charge in [0.2, 0.25) is 5.91 Å². The molecule has 1 fully saturated rings. The summed E-state index contributed by atoms with van der Waals surface area (Å²) in [7, 11) is 0. The van der Waals surface area contributed by atoms with Crippen LogP contribution in [0.4, 0.5) is 0 Å². The van der Waals surface area contributed by atoms with Gasteiger partial charge in [0.15, 0.2) is 0 Å². The molecule has 0 bridgehead atoms. The lowest BCUT2D eigenvalue weighted by molar-refractivity contribution is -0.143. The van der Waals surface area contributed by atoms with Gasteiger partial charge in [0.25, 0.3) is 0 Å². The molecule has 1 amide bonds. The van der Waals surface area contributed by atoms with Crippen LogP contribution in [-0.4, -0.2) is 35.6 Å². The first kappa shape index (κ1) is 20.6. The van der Waals surface area contributed by atoms with Gasteiger partial charge in [0.1, 0.15) is 6.04 Å². The fourth-order valence-electron chi connectivity index (χ4n) is 3.50. The zero-order valence-electron chi connectivity index (χ0n) is 16.2. The molecule has 0 radical (unpaired) electrons. The van der Waals surface area contributed by atoms with Crippen LogP contribution in [0.2, 0.25) is 0 Å². The number of carbonyl (C=O) groups excluding carboxylic acids is 2. The van der Waals surface area contributed by atoms with E-state index in [9.17, 15) is 14.4 Å². The van der Waals surface area contributed by atoms with E-state index in [-0.39, 0.29) is 13.0 Å². The van der Waals surface area contributed by atoms with Gasteiger partial charge in [0, 0.05) is 12.3 Å². The Bertz CT molecular complexity index is 847. The zero-order chi connectivity index (χ0) is 20.6. The minimum Gasteiger partial charge on any atom is -0.481 e. The third-order valence-electron chi connectivity index (χ3n) is 5.12. The van der Waals surface area contributed by atoms with Crippen molar-refractivity contribution < 1.29 is 24.2 Å². The standard InChI is InChI=1S/C23H25NO5/c25-21(26)15-19(22(27)24-20-13-14-29-23(20)28)8-4-5-16-9-11-18(12-10-16)17-6-2-1-3-7-17/h1-3,6-7,9-12,19-20H,4-5,8,13-15H2,(H,24,27)(H,25,26)/t19-,20+/m1/s1. The van der Waals surface area contributed by atoms with Crippen LogP contribution in [-0.2, 0) is 25.5 Å². The number of carboxylic acid groups (broad SMARTS) is 1. The second-order valence-corrected chi connectivity index (χ2v) is 7.27. The molecule has 6 nitrogen and oxygen atoms in total. The number of carboxylic acids is 1. The predicted octanol–water partition coefficient (Wildman–Crippen LogP) is 3.20. The number of hydrogen-bond acceptors (Lipinski definition) is 4. The molecule has 29 heavy (non-hydrogen) atoms. The van der Waals surface area contributed by atoms with E-state index in [1.54, 1.807) is 0 Å². The third-order valence-corrected chi connectivity index (χ3v) is 5.12. The van der Waals surface area contributed by atoms with Crippen molar-refractivity contribution in [2.45, 2.75) is 38.1 Å². The number of aryl methyl sites for hydroxylation is 1. The number of cyclic esters (lactones) is 1. The molecule has 0 saturated carbocycles. The second kappa shape index (κ2) is 9.87. The Labute approximate surface area is 169 Å². The van der Waals surface area contributed by atoms with Gasteiger partial charge in [0.05, 0.1) is 13.0 Å². The first-order valence-corrected chi connectivity index (χ1v) is 9.86.